The van der Waals surface area contributed by atoms with Crippen molar-refractivity contribution in [3.05, 3.63) is 218 Å². The zero-order valence-electron chi connectivity index (χ0n) is 31.1. The van der Waals surface area contributed by atoms with E-state index in [1.165, 1.54) is 44.1 Å². The summed E-state index contributed by atoms with van der Waals surface area (Å²) in [5.41, 5.74) is 15.5. The lowest BCUT2D eigenvalue weighted by atomic mass is 9.99. The minimum absolute atomic E-state index is 0.905. The number of nitrogens with zero attached hydrogens (tertiary/aromatic N) is 2. The number of anilines is 3. The van der Waals surface area contributed by atoms with Gasteiger partial charge >= 0.3 is 0 Å². The average molecular weight is 729 g/mol. The van der Waals surface area contributed by atoms with Crippen molar-refractivity contribution in [1.29, 1.82) is 0 Å². The van der Waals surface area contributed by atoms with Crippen LogP contribution in [-0.4, -0.2) is 4.57 Å². The second-order valence-electron chi connectivity index (χ2n) is 14.5. The maximum Gasteiger partial charge on any atom is 0.143 e. The van der Waals surface area contributed by atoms with Crippen LogP contribution in [0.25, 0.3) is 82.8 Å². The number of hydrogen-bond donors (Lipinski definition) is 0. The first-order valence-electron chi connectivity index (χ1n) is 19.4. The Bertz CT molecular complexity index is 3160. The molecule has 0 aliphatic rings. The molecule has 3 nitrogen and oxygen atoms in total. The third-order valence-electron chi connectivity index (χ3n) is 11.2. The third-order valence-corrected chi connectivity index (χ3v) is 11.2. The Morgan fingerprint density at radius 2 is 0.807 bits per heavy atom. The van der Waals surface area contributed by atoms with E-state index in [4.69, 9.17) is 4.42 Å². The highest BCUT2D eigenvalue weighted by atomic mass is 16.3. The maximum absolute atomic E-state index is 6.42. The normalized spacial score (nSPS) is 11.5. The molecule has 11 aromatic rings. The minimum Gasteiger partial charge on any atom is -0.455 e. The van der Waals surface area contributed by atoms with E-state index in [9.17, 15) is 0 Å². The molecule has 0 spiro atoms. The average Bonchev–Trinajstić information content (AvgIpc) is 3.84. The van der Waals surface area contributed by atoms with E-state index in [1.54, 1.807) is 0 Å². The highest BCUT2D eigenvalue weighted by Crippen LogP contribution is 2.40. The van der Waals surface area contributed by atoms with Gasteiger partial charge in [0.2, 0.25) is 0 Å². The minimum atomic E-state index is 0.905. The molecule has 57 heavy (non-hydrogen) atoms. The molecule has 0 bridgehead atoms. The van der Waals surface area contributed by atoms with E-state index in [0.717, 1.165) is 55.8 Å². The summed E-state index contributed by atoms with van der Waals surface area (Å²) in [5.74, 6) is 0. The van der Waals surface area contributed by atoms with Gasteiger partial charge in [0, 0.05) is 49.9 Å². The van der Waals surface area contributed by atoms with Gasteiger partial charge in [0.25, 0.3) is 0 Å². The highest BCUT2D eigenvalue weighted by molar-refractivity contribution is 6.10. The zero-order chi connectivity index (χ0) is 37.7. The van der Waals surface area contributed by atoms with Gasteiger partial charge in [0.15, 0.2) is 0 Å². The monoisotopic (exact) mass is 728 g/mol. The summed E-state index contributed by atoms with van der Waals surface area (Å²) < 4.78 is 8.78. The van der Waals surface area contributed by atoms with Crippen molar-refractivity contribution in [2.45, 2.75) is 0 Å². The Morgan fingerprint density at radius 1 is 0.333 bits per heavy atom. The van der Waals surface area contributed by atoms with Gasteiger partial charge in [-0.15, -0.1) is 0 Å². The third kappa shape index (κ3) is 5.68. The molecule has 0 atom stereocenters. The molecule has 0 aliphatic carbocycles. The van der Waals surface area contributed by atoms with E-state index in [-0.39, 0.29) is 0 Å². The summed E-state index contributed by atoms with van der Waals surface area (Å²) in [5, 5.41) is 4.78. The van der Waals surface area contributed by atoms with Crippen molar-refractivity contribution in [2.75, 3.05) is 4.90 Å². The van der Waals surface area contributed by atoms with Gasteiger partial charge in [-0.05, 0) is 101 Å². The van der Waals surface area contributed by atoms with Crippen LogP contribution in [0.2, 0.25) is 0 Å². The first-order chi connectivity index (χ1) is 28.3. The number of fused-ring (bicyclic) bond motifs is 6. The smallest absolute Gasteiger partial charge is 0.143 e. The van der Waals surface area contributed by atoms with Gasteiger partial charge in [-0.3, -0.25) is 0 Å². The van der Waals surface area contributed by atoms with Crippen LogP contribution in [0.5, 0.6) is 0 Å². The van der Waals surface area contributed by atoms with Crippen LogP contribution in [0, 0.1) is 0 Å². The molecule has 0 fully saturated rings. The summed E-state index contributed by atoms with van der Waals surface area (Å²) in [4.78, 5) is 2.34. The standard InChI is InChI=1S/C54H36N2O/c1-2-12-37(13-3-1)40-14-10-15-41(36-40)38-24-28-42(29-25-38)55(43-30-26-39(27-31-43)46-19-11-20-50-49-18-6-9-23-53(49)57-54(46)50)44-32-34-45(35-33-44)56-51-21-7-4-16-47(51)48-17-5-8-22-52(48)56/h1-36H. The Hall–Kier alpha value is -7.62. The summed E-state index contributed by atoms with van der Waals surface area (Å²) in [7, 11) is 0. The first kappa shape index (κ1) is 32.8. The van der Waals surface area contributed by atoms with Gasteiger partial charge in [0.05, 0.1) is 11.0 Å². The molecule has 0 radical (unpaired) electrons. The summed E-state index contributed by atoms with van der Waals surface area (Å²) in [6.45, 7) is 0. The molecule has 3 heteroatoms. The quantitative estimate of drug-likeness (QED) is 0.163. The topological polar surface area (TPSA) is 21.3 Å². The molecule has 0 saturated heterocycles. The van der Waals surface area contributed by atoms with Crippen LogP contribution >= 0.6 is 0 Å². The molecule has 0 amide bonds. The SMILES string of the molecule is c1ccc(-c2cccc(-c3ccc(N(c4ccc(-c5cccc6c5oc5ccccc56)cc4)c4ccc(-n5c6ccccc6c6ccccc65)cc4)cc3)c2)cc1. The van der Waals surface area contributed by atoms with Gasteiger partial charge in [-0.1, -0.05) is 146 Å². The predicted octanol–water partition coefficient (Wildman–Crippen LogP) is 15.2. The molecule has 0 aliphatic heterocycles. The van der Waals surface area contributed by atoms with Crippen LogP contribution in [0.15, 0.2) is 223 Å². The number of hydrogen-bond acceptors (Lipinski definition) is 2. The van der Waals surface area contributed by atoms with Crippen molar-refractivity contribution >= 4 is 60.8 Å². The molecule has 0 N–H and O–H groups in total. The molecule has 9 aromatic carbocycles. The molecular weight excluding hydrogens is 693 g/mol. The molecule has 2 aromatic heterocycles. The van der Waals surface area contributed by atoms with Crippen LogP contribution in [0.1, 0.15) is 0 Å². The van der Waals surface area contributed by atoms with E-state index in [0.29, 0.717) is 0 Å². The number of benzene rings is 9. The fourth-order valence-electron chi connectivity index (χ4n) is 8.48. The van der Waals surface area contributed by atoms with Gasteiger partial charge in [-0.25, -0.2) is 0 Å². The number of aromatic nitrogens is 1. The lowest BCUT2D eigenvalue weighted by Gasteiger charge is -2.26. The van der Waals surface area contributed by atoms with Crippen molar-refractivity contribution in [3.8, 4) is 39.1 Å². The molecular formula is C54H36N2O. The van der Waals surface area contributed by atoms with Crippen LogP contribution < -0.4 is 4.90 Å². The van der Waals surface area contributed by atoms with E-state index >= 15 is 0 Å². The lowest BCUT2D eigenvalue weighted by Crippen LogP contribution is -2.10. The molecule has 2 heterocycles. The van der Waals surface area contributed by atoms with Crippen LogP contribution in [0.3, 0.4) is 0 Å². The number of rotatable bonds is 7. The van der Waals surface area contributed by atoms with Crippen LogP contribution in [-0.2, 0) is 0 Å². The fourth-order valence-corrected chi connectivity index (χ4v) is 8.48. The van der Waals surface area contributed by atoms with Crippen LogP contribution in [0.4, 0.5) is 17.1 Å². The largest absolute Gasteiger partial charge is 0.455 e. The van der Waals surface area contributed by atoms with Crippen molar-refractivity contribution in [1.82, 2.24) is 4.57 Å². The van der Waals surface area contributed by atoms with Gasteiger partial charge < -0.3 is 13.9 Å². The van der Waals surface area contributed by atoms with Gasteiger partial charge in [-0.2, -0.15) is 0 Å². The molecule has 11 rings (SSSR count). The predicted molar refractivity (Wildman–Crippen MR) is 239 cm³/mol. The summed E-state index contributed by atoms with van der Waals surface area (Å²) >= 11 is 0. The number of furan rings is 1. The zero-order valence-corrected chi connectivity index (χ0v) is 31.1. The maximum atomic E-state index is 6.42. The van der Waals surface area contributed by atoms with E-state index < -0.39 is 0 Å². The Kier molecular flexibility index (Phi) is 7.82. The molecule has 0 unspecified atom stereocenters. The van der Waals surface area contributed by atoms with Crippen molar-refractivity contribution in [2.24, 2.45) is 0 Å². The Labute approximate surface area is 330 Å². The summed E-state index contributed by atoms with van der Waals surface area (Å²) in [6.07, 6.45) is 0. The van der Waals surface area contributed by atoms with E-state index in [2.05, 4.69) is 216 Å². The van der Waals surface area contributed by atoms with Crippen molar-refractivity contribution < 1.29 is 4.42 Å². The van der Waals surface area contributed by atoms with E-state index in [1.807, 2.05) is 12.1 Å². The molecule has 268 valence electrons. The van der Waals surface area contributed by atoms with Gasteiger partial charge in [0.1, 0.15) is 11.2 Å². The fraction of sp³-hybridized carbons (Fsp3) is 0. The van der Waals surface area contributed by atoms with Crippen molar-refractivity contribution in [3.63, 3.8) is 0 Å². The Balaban J connectivity index is 0.999. The first-order valence-corrected chi connectivity index (χ1v) is 19.4. The number of para-hydroxylation sites is 4. The highest BCUT2D eigenvalue weighted by Gasteiger charge is 2.17. The molecule has 0 saturated carbocycles. The Morgan fingerprint density at radius 3 is 1.46 bits per heavy atom. The second-order valence-corrected chi connectivity index (χ2v) is 14.5. The second kappa shape index (κ2) is 13.6. The summed E-state index contributed by atoms with van der Waals surface area (Å²) in [6, 6.07) is 78.1. The lowest BCUT2D eigenvalue weighted by molar-refractivity contribution is 0.670.